The lowest BCUT2D eigenvalue weighted by atomic mass is 10.3. The molecule has 0 radical (unpaired) electrons. The van der Waals surface area contributed by atoms with Gasteiger partial charge < -0.3 is 5.32 Å². The van der Waals surface area contributed by atoms with Crippen LogP contribution in [0.1, 0.15) is 13.0 Å². The van der Waals surface area contributed by atoms with Crippen LogP contribution in [0.4, 0.5) is 0 Å². The third-order valence-electron chi connectivity index (χ3n) is 4.04. The normalized spacial score (nSPS) is 12.6. The monoisotopic (exact) mass is 471 g/mol. The second-order valence-corrected chi connectivity index (χ2v) is 9.56. The van der Waals surface area contributed by atoms with Crippen LogP contribution in [0.15, 0.2) is 46.7 Å². The van der Waals surface area contributed by atoms with Crippen LogP contribution in [0, 0.1) is 4.77 Å². The third kappa shape index (κ3) is 5.11. The second kappa shape index (κ2) is 9.18. The molecule has 8 nitrogen and oxygen atoms in total. The number of aromatic amines is 1. The van der Waals surface area contributed by atoms with Crippen molar-refractivity contribution in [2.24, 2.45) is 0 Å². The van der Waals surface area contributed by atoms with Crippen LogP contribution in [-0.2, 0) is 14.8 Å². The molecule has 2 heterocycles. The van der Waals surface area contributed by atoms with Gasteiger partial charge in [-0.15, -0.1) is 11.3 Å². The number of hydrogen-bond donors (Lipinski definition) is 3. The molecular weight excluding hydrogens is 454 g/mol. The Labute approximate surface area is 182 Å². The van der Waals surface area contributed by atoms with Gasteiger partial charge in [-0.1, -0.05) is 23.7 Å². The van der Waals surface area contributed by atoms with Crippen molar-refractivity contribution in [3.63, 3.8) is 0 Å². The SMILES string of the molecule is CC(C(=O)NCCNS(=O)(=O)c1cccc(Cl)c1)n1c(-c2cccs2)n[nH]c1=S. The highest BCUT2D eigenvalue weighted by Gasteiger charge is 2.21. The Morgan fingerprint density at radius 3 is 2.83 bits per heavy atom. The first-order valence-electron chi connectivity index (χ1n) is 8.53. The summed E-state index contributed by atoms with van der Waals surface area (Å²) in [5.41, 5.74) is 0. The quantitative estimate of drug-likeness (QED) is 0.345. The number of sulfonamides is 1. The molecular formula is C17H18ClN5O3S3. The number of hydrogen-bond acceptors (Lipinski definition) is 6. The average Bonchev–Trinajstić information content (AvgIpc) is 3.34. The van der Waals surface area contributed by atoms with Gasteiger partial charge in [0.15, 0.2) is 10.6 Å². The Morgan fingerprint density at radius 2 is 2.14 bits per heavy atom. The Balaban J connectivity index is 1.59. The number of nitrogens with zero attached hydrogens (tertiary/aromatic N) is 2. The van der Waals surface area contributed by atoms with E-state index in [2.05, 4.69) is 20.2 Å². The fourth-order valence-corrected chi connectivity index (χ4v) is 4.93. The minimum absolute atomic E-state index is 0.0296. The van der Waals surface area contributed by atoms with Crippen LogP contribution in [0.2, 0.25) is 5.02 Å². The van der Waals surface area contributed by atoms with E-state index in [0.29, 0.717) is 15.6 Å². The molecule has 0 bridgehead atoms. The van der Waals surface area contributed by atoms with Crippen molar-refractivity contribution in [3.8, 4) is 10.7 Å². The van der Waals surface area contributed by atoms with E-state index in [0.717, 1.165) is 4.88 Å². The van der Waals surface area contributed by atoms with Gasteiger partial charge in [-0.25, -0.2) is 13.1 Å². The van der Waals surface area contributed by atoms with Crippen molar-refractivity contribution in [1.29, 1.82) is 0 Å². The number of carbonyl (C=O) groups is 1. The van der Waals surface area contributed by atoms with Gasteiger partial charge in [0.05, 0.1) is 9.77 Å². The fourth-order valence-electron chi connectivity index (χ4n) is 2.60. The topological polar surface area (TPSA) is 109 Å². The zero-order chi connectivity index (χ0) is 21.0. The van der Waals surface area contributed by atoms with Crippen LogP contribution in [0.5, 0.6) is 0 Å². The predicted molar refractivity (Wildman–Crippen MR) is 115 cm³/mol. The van der Waals surface area contributed by atoms with Gasteiger partial charge in [-0.05, 0) is 48.8 Å². The van der Waals surface area contributed by atoms with Crippen molar-refractivity contribution in [2.45, 2.75) is 17.9 Å². The molecule has 1 amide bonds. The van der Waals surface area contributed by atoms with Crippen molar-refractivity contribution < 1.29 is 13.2 Å². The zero-order valence-electron chi connectivity index (χ0n) is 15.3. The summed E-state index contributed by atoms with van der Waals surface area (Å²) in [7, 11) is -3.71. The van der Waals surface area contributed by atoms with Gasteiger partial charge >= 0.3 is 0 Å². The molecule has 0 aliphatic rings. The molecule has 1 unspecified atom stereocenters. The molecule has 0 fully saturated rings. The summed E-state index contributed by atoms with van der Waals surface area (Å²) < 4.78 is 28.9. The van der Waals surface area contributed by atoms with E-state index in [1.807, 2.05) is 17.5 Å². The number of thiophene rings is 1. The highest BCUT2D eigenvalue weighted by Crippen LogP contribution is 2.25. The molecule has 3 N–H and O–H groups in total. The number of benzene rings is 1. The molecule has 3 aromatic rings. The second-order valence-electron chi connectivity index (χ2n) is 6.02. The zero-order valence-corrected chi connectivity index (χ0v) is 18.5. The van der Waals surface area contributed by atoms with E-state index >= 15 is 0 Å². The van der Waals surface area contributed by atoms with Crippen LogP contribution in [0.3, 0.4) is 0 Å². The lowest BCUT2D eigenvalue weighted by molar-refractivity contribution is -0.123. The third-order valence-corrected chi connectivity index (χ3v) is 6.88. The van der Waals surface area contributed by atoms with Crippen molar-refractivity contribution in [3.05, 3.63) is 51.6 Å². The molecule has 0 saturated heterocycles. The number of halogens is 1. The number of aromatic nitrogens is 3. The number of H-pyrrole nitrogens is 1. The van der Waals surface area contributed by atoms with E-state index in [9.17, 15) is 13.2 Å². The largest absolute Gasteiger partial charge is 0.353 e. The van der Waals surface area contributed by atoms with Gasteiger partial charge in [0.2, 0.25) is 15.9 Å². The van der Waals surface area contributed by atoms with E-state index in [1.165, 1.54) is 23.5 Å². The van der Waals surface area contributed by atoms with E-state index in [4.69, 9.17) is 23.8 Å². The fraction of sp³-hybridized carbons (Fsp3) is 0.235. The van der Waals surface area contributed by atoms with Gasteiger partial charge in [-0.3, -0.25) is 14.5 Å². The maximum atomic E-state index is 12.5. The maximum Gasteiger partial charge on any atom is 0.242 e. The van der Waals surface area contributed by atoms with E-state index in [1.54, 1.807) is 23.6 Å². The predicted octanol–water partition coefficient (Wildman–Crippen LogP) is 2.98. The number of nitrogens with one attached hydrogen (secondary N) is 3. The summed E-state index contributed by atoms with van der Waals surface area (Å²) in [5.74, 6) is 0.275. The average molecular weight is 472 g/mol. The van der Waals surface area contributed by atoms with Crippen molar-refractivity contribution in [2.75, 3.05) is 13.1 Å². The van der Waals surface area contributed by atoms with Gasteiger partial charge in [-0.2, -0.15) is 5.10 Å². The number of amides is 1. The van der Waals surface area contributed by atoms with Crippen molar-refractivity contribution >= 4 is 51.1 Å². The first-order valence-corrected chi connectivity index (χ1v) is 11.7. The lowest BCUT2D eigenvalue weighted by Gasteiger charge is -2.15. The molecule has 29 heavy (non-hydrogen) atoms. The standard InChI is InChI=1S/C17H18ClN5O3S3/c1-11(23-15(21-22-17(23)27)14-6-3-9-28-14)16(24)19-7-8-20-29(25,26)13-5-2-4-12(18)10-13/h2-6,9-11,20H,7-8H2,1H3,(H,19,24)(H,22,27). The van der Waals surface area contributed by atoms with Crippen molar-refractivity contribution in [1.82, 2.24) is 24.8 Å². The minimum Gasteiger partial charge on any atom is -0.353 e. The molecule has 0 spiro atoms. The Hall–Kier alpha value is -2.05. The highest BCUT2D eigenvalue weighted by molar-refractivity contribution is 7.89. The van der Waals surface area contributed by atoms with Crippen LogP contribution >= 0.6 is 35.2 Å². The molecule has 0 aliphatic carbocycles. The Morgan fingerprint density at radius 1 is 1.34 bits per heavy atom. The summed E-state index contributed by atoms with van der Waals surface area (Å²) in [6.45, 7) is 1.85. The molecule has 3 rings (SSSR count). The molecule has 12 heteroatoms. The molecule has 2 aromatic heterocycles. The summed E-state index contributed by atoms with van der Waals surface area (Å²) in [6, 6.07) is 9.11. The molecule has 1 aromatic carbocycles. The molecule has 154 valence electrons. The molecule has 1 atom stereocenters. The summed E-state index contributed by atoms with van der Waals surface area (Å²) >= 11 is 12.6. The maximum absolute atomic E-state index is 12.5. The van der Waals surface area contributed by atoms with E-state index in [-0.39, 0.29) is 23.9 Å². The van der Waals surface area contributed by atoms with Crippen LogP contribution in [-0.4, -0.2) is 42.2 Å². The minimum atomic E-state index is -3.71. The Bertz CT molecular complexity index is 1160. The summed E-state index contributed by atoms with van der Waals surface area (Å²) in [5, 5.41) is 11.9. The highest BCUT2D eigenvalue weighted by atomic mass is 35.5. The van der Waals surface area contributed by atoms with Crippen LogP contribution < -0.4 is 10.0 Å². The first kappa shape index (κ1) is 21.7. The van der Waals surface area contributed by atoms with Gasteiger partial charge in [0, 0.05) is 18.1 Å². The smallest absolute Gasteiger partial charge is 0.242 e. The summed E-state index contributed by atoms with van der Waals surface area (Å²) in [6.07, 6.45) is 0. The lowest BCUT2D eigenvalue weighted by Crippen LogP contribution is -2.37. The number of rotatable bonds is 8. The van der Waals surface area contributed by atoms with Gasteiger partial charge in [0.25, 0.3) is 0 Å². The number of carbonyl (C=O) groups excluding carboxylic acids is 1. The first-order chi connectivity index (χ1) is 13.8. The Kier molecular flexibility index (Phi) is 6.85. The van der Waals surface area contributed by atoms with Crippen LogP contribution in [0.25, 0.3) is 10.7 Å². The van der Waals surface area contributed by atoms with Gasteiger partial charge in [0.1, 0.15) is 6.04 Å². The van der Waals surface area contributed by atoms with E-state index < -0.39 is 16.1 Å². The molecule has 0 saturated carbocycles. The summed E-state index contributed by atoms with van der Waals surface area (Å²) in [4.78, 5) is 13.5. The molecule has 0 aliphatic heterocycles.